The first kappa shape index (κ1) is 18.5. The molecule has 1 unspecified atom stereocenters. The molecule has 1 aliphatic heterocycles. The van der Waals surface area contributed by atoms with E-state index in [-0.39, 0.29) is 17.6 Å². The SMILES string of the molecule is CSc1ccc(C2CC(=O)N(c3ccccc3Br)C3=C2C(=O)CCC3)cc1. The lowest BCUT2D eigenvalue weighted by molar-refractivity contribution is -0.119. The van der Waals surface area contributed by atoms with Gasteiger partial charge >= 0.3 is 0 Å². The highest BCUT2D eigenvalue weighted by Crippen LogP contribution is 2.44. The highest BCUT2D eigenvalue weighted by atomic mass is 79.9. The number of halogens is 1. The van der Waals surface area contributed by atoms with Crippen molar-refractivity contribution in [3.63, 3.8) is 0 Å². The van der Waals surface area contributed by atoms with Gasteiger partial charge in [-0.25, -0.2) is 0 Å². The minimum atomic E-state index is -0.144. The van der Waals surface area contributed by atoms with Crippen molar-refractivity contribution in [2.45, 2.75) is 36.5 Å². The number of hydrogen-bond acceptors (Lipinski definition) is 3. The third-order valence-electron chi connectivity index (χ3n) is 5.29. The van der Waals surface area contributed by atoms with E-state index in [1.54, 1.807) is 16.7 Å². The average molecular weight is 442 g/mol. The Morgan fingerprint density at radius 3 is 2.48 bits per heavy atom. The lowest BCUT2D eigenvalue weighted by Gasteiger charge is -2.38. The van der Waals surface area contributed by atoms with Gasteiger partial charge in [-0.1, -0.05) is 24.3 Å². The van der Waals surface area contributed by atoms with Gasteiger partial charge < -0.3 is 0 Å². The predicted molar refractivity (Wildman–Crippen MR) is 113 cm³/mol. The number of carbonyl (C=O) groups excluding carboxylic acids is 2. The minimum absolute atomic E-state index is 0.0503. The second-order valence-electron chi connectivity index (χ2n) is 6.85. The fourth-order valence-electron chi connectivity index (χ4n) is 4.03. The third-order valence-corrected chi connectivity index (χ3v) is 6.70. The van der Waals surface area contributed by atoms with Crippen LogP contribution in [0.15, 0.2) is 69.2 Å². The van der Waals surface area contributed by atoms with Crippen molar-refractivity contribution >= 4 is 45.1 Å². The molecule has 1 heterocycles. The van der Waals surface area contributed by atoms with E-state index in [4.69, 9.17) is 0 Å². The summed E-state index contributed by atoms with van der Waals surface area (Å²) in [6.45, 7) is 0. The number of amides is 1. The van der Waals surface area contributed by atoms with Crippen LogP contribution in [-0.2, 0) is 9.59 Å². The molecule has 138 valence electrons. The Kier molecular flexibility index (Phi) is 5.24. The van der Waals surface area contributed by atoms with Gasteiger partial charge in [0.15, 0.2) is 5.78 Å². The molecule has 0 saturated carbocycles. The summed E-state index contributed by atoms with van der Waals surface area (Å²) in [4.78, 5) is 29.0. The van der Waals surface area contributed by atoms with E-state index in [9.17, 15) is 9.59 Å². The van der Waals surface area contributed by atoms with E-state index in [1.165, 1.54) is 4.90 Å². The number of anilines is 1. The molecule has 1 aliphatic carbocycles. The zero-order valence-corrected chi connectivity index (χ0v) is 17.5. The number of Topliss-reactive ketones (excluding diaryl/α,β-unsaturated/α-hetero) is 1. The maximum atomic E-state index is 13.2. The highest BCUT2D eigenvalue weighted by Gasteiger charge is 2.40. The molecule has 2 aromatic rings. The van der Waals surface area contributed by atoms with Crippen LogP contribution >= 0.6 is 27.7 Å². The summed E-state index contributed by atoms with van der Waals surface area (Å²) in [5.74, 6) is 0.0870. The van der Waals surface area contributed by atoms with Gasteiger partial charge in [0.1, 0.15) is 0 Å². The molecule has 0 spiro atoms. The lowest BCUT2D eigenvalue weighted by Crippen LogP contribution is -2.40. The molecule has 1 amide bonds. The molecule has 0 aromatic heterocycles. The first-order valence-corrected chi connectivity index (χ1v) is 11.1. The van der Waals surface area contributed by atoms with Crippen molar-refractivity contribution in [1.82, 2.24) is 0 Å². The van der Waals surface area contributed by atoms with Crippen LogP contribution in [0.25, 0.3) is 0 Å². The monoisotopic (exact) mass is 441 g/mol. The van der Waals surface area contributed by atoms with E-state index >= 15 is 0 Å². The highest BCUT2D eigenvalue weighted by molar-refractivity contribution is 9.10. The molecule has 3 nitrogen and oxygen atoms in total. The molecule has 0 radical (unpaired) electrons. The summed E-state index contributed by atoms with van der Waals surface area (Å²) in [5.41, 5.74) is 3.58. The number of thioether (sulfide) groups is 1. The summed E-state index contributed by atoms with van der Waals surface area (Å²) in [6, 6.07) is 16.0. The Morgan fingerprint density at radius 2 is 1.78 bits per heavy atom. The molecule has 0 saturated heterocycles. The van der Waals surface area contributed by atoms with Crippen molar-refractivity contribution in [3.8, 4) is 0 Å². The first-order chi connectivity index (χ1) is 13.1. The molecule has 0 fully saturated rings. The number of para-hydroxylation sites is 1. The van der Waals surface area contributed by atoms with Gasteiger partial charge in [0.05, 0.1) is 5.69 Å². The number of nitrogens with zero attached hydrogens (tertiary/aromatic N) is 1. The topological polar surface area (TPSA) is 37.4 Å². The fourth-order valence-corrected chi connectivity index (χ4v) is 4.90. The molecule has 5 heteroatoms. The Morgan fingerprint density at radius 1 is 1.04 bits per heavy atom. The summed E-state index contributed by atoms with van der Waals surface area (Å²) in [5, 5.41) is 0. The lowest BCUT2D eigenvalue weighted by atomic mass is 9.77. The molecule has 2 aliphatic rings. The smallest absolute Gasteiger partial charge is 0.232 e. The molecule has 27 heavy (non-hydrogen) atoms. The fraction of sp³-hybridized carbons (Fsp3) is 0.273. The zero-order valence-electron chi connectivity index (χ0n) is 15.1. The molecule has 1 atom stereocenters. The summed E-state index contributed by atoms with van der Waals surface area (Å²) < 4.78 is 0.867. The van der Waals surface area contributed by atoms with E-state index in [0.717, 1.165) is 39.8 Å². The van der Waals surface area contributed by atoms with Crippen LogP contribution in [-0.4, -0.2) is 17.9 Å². The molecule has 2 aromatic carbocycles. The van der Waals surface area contributed by atoms with Gasteiger partial charge in [-0.15, -0.1) is 11.8 Å². The van der Waals surface area contributed by atoms with Crippen LogP contribution in [0.3, 0.4) is 0 Å². The number of benzene rings is 2. The van der Waals surface area contributed by atoms with Crippen LogP contribution in [0.2, 0.25) is 0 Å². The Balaban J connectivity index is 1.84. The number of ketones is 1. The molecule has 4 rings (SSSR count). The van der Waals surface area contributed by atoms with Crippen molar-refractivity contribution < 1.29 is 9.59 Å². The number of hydrogen-bond donors (Lipinski definition) is 0. The summed E-state index contributed by atoms with van der Waals surface area (Å²) >= 11 is 5.25. The molecular weight excluding hydrogens is 422 g/mol. The van der Waals surface area contributed by atoms with E-state index in [2.05, 4.69) is 40.2 Å². The standard InChI is InChI=1S/C22H20BrNO2S/c1-27-15-11-9-14(10-12-15)16-13-21(26)24(18-6-3-2-5-17(18)23)19-7-4-8-20(25)22(16)19/h2-3,5-6,9-12,16H,4,7-8,13H2,1H3. The second kappa shape index (κ2) is 7.64. The van der Waals surface area contributed by atoms with Crippen molar-refractivity contribution in [1.29, 1.82) is 0 Å². The van der Waals surface area contributed by atoms with Crippen LogP contribution < -0.4 is 4.90 Å². The van der Waals surface area contributed by atoms with Gasteiger partial charge in [0.2, 0.25) is 5.91 Å². The van der Waals surface area contributed by atoms with Gasteiger partial charge in [0.25, 0.3) is 0 Å². The van der Waals surface area contributed by atoms with Crippen molar-refractivity contribution in [2.75, 3.05) is 11.2 Å². The van der Waals surface area contributed by atoms with E-state index in [0.29, 0.717) is 12.8 Å². The molecule has 0 N–H and O–H groups in total. The third kappa shape index (κ3) is 3.39. The van der Waals surface area contributed by atoms with E-state index in [1.807, 2.05) is 30.5 Å². The molecular formula is C22H20BrNO2S. The second-order valence-corrected chi connectivity index (χ2v) is 8.58. The maximum Gasteiger partial charge on any atom is 0.232 e. The first-order valence-electron chi connectivity index (χ1n) is 9.08. The quantitative estimate of drug-likeness (QED) is 0.573. The number of rotatable bonds is 3. The van der Waals surface area contributed by atoms with Crippen LogP contribution in [0.4, 0.5) is 5.69 Å². The van der Waals surface area contributed by atoms with E-state index < -0.39 is 0 Å². The average Bonchev–Trinajstić information content (AvgIpc) is 2.68. The van der Waals surface area contributed by atoms with Crippen LogP contribution in [0.5, 0.6) is 0 Å². The summed E-state index contributed by atoms with van der Waals surface area (Å²) in [7, 11) is 0. The van der Waals surface area contributed by atoms with Crippen LogP contribution in [0, 0.1) is 0 Å². The Hall–Kier alpha value is -1.85. The van der Waals surface area contributed by atoms with Gasteiger partial charge in [-0.05, 0) is 64.9 Å². The van der Waals surface area contributed by atoms with Gasteiger partial charge in [0, 0.05) is 39.4 Å². The Labute approximate surface area is 172 Å². The maximum absolute atomic E-state index is 13.2. The number of allylic oxidation sites excluding steroid dienone is 2. The van der Waals surface area contributed by atoms with Crippen LogP contribution in [0.1, 0.15) is 37.2 Å². The normalized spacial score (nSPS) is 20.1. The largest absolute Gasteiger partial charge is 0.294 e. The van der Waals surface area contributed by atoms with Gasteiger partial charge in [-0.3, -0.25) is 14.5 Å². The van der Waals surface area contributed by atoms with Gasteiger partial charge in [-0.2, -0.15) is 0 Å². The minimum Gasteiger partial charge on any atom is -0.294 e. The predicted octanol–water partition coefficient (Wildman–Crippen LogP) is 5.70. The molecule has 0 bridgehead atoms. The van der Waals surface area contributed by atoms with Crippen molar-refractivity contribution in [3.05, 3.63) is 69.8 Å². The van der Waals surface area contributed by atoms with Crippen molar-refractivity contribution in [2.24, 2.45) is 0 Å². The zero-order chi connectivity index (χ0) is 19.0. The Bertz CT molecular complexity index is 936. The number of carbonyl (C=O) groups is 2. The summed E-state index contributed by atoms with van der Waals surface area (Å²) in [6.07, 6.45) is 4.48.